The van der Waals surface area contributed by atoms with Gasteiger partial charge >= 0.3 is 0 Å². The van der Waals surface area contributed by atoms with Gasteiger partial charge in [0.15, 0.2) is 0 Å². The van der Waals surface area contributed by atoms with Gasteiger partial charge in [-0.2, -0.15) is 5.26 Å². The van der Waals surface area contributed by atoms with Crippen LogP contribution in [0.3, 0.4) is 0 Å². The van der Waals surface area contributed by atoms with Gasteiger partial charge in [-0.3, -0.25) is 0 Å². The maximum atomic E-state index is 11.8. The van der Waals surface area contributed by atoms with Crippen molar-refractivity contribution in [3.8, 4) is 6.07 Å². The lowest BCUT2D eigenvalue weighted by molar-refractivity contribution is -0.153. The van der Waals surface area contributed by atoms with Crippen LogP contribution < -0.4 is 0 Å². The summed E-state index contributed by atoms with van der Waals surface area (Å²) in [4.78, 5) is 11.8. The second-order valence-electron chi connectivity index (χ2n) is 9.06. The van der Waals surface area contributed by atoms with E-state index in [2.05, 4.69) is 6.07 Å². The minimum absolute atomic E-state index is 0.228. The molecule has 1 aliphatic rings. The number of nitrogens with zero attached hydrogens (tertiary/aromatic N) is 1. The summed E-state index contributed by atoms with van der Waals surface area (Å²) in [5, 5.41) is 9.72. The Morgan fingerprint density at radius 3 is 1.94 bits per heavy atom. The van der Waals surface area contributed by atoms with E-state index >= 15 is 0 Å². The van der Waals surface area contributed by atoms with Crippen molar-refractivity contribution in [2.45, 2.75) is 50.7 Å². The molecule has 1 fully saturated rings. The molecule has 1 saturated heterocycles. The van der Waals surface area contributed by atoms with Crippen LogP contribution in [0.2, 0.25) is 0 Å². The Bertz CT molecular complexity index is 1120. The van der Waals surface area contributed by atoms with Gasteiger partial charge in [0.05, 0.1) is 32.5 Å². The van der Waals surface area contributed by atoms with Crippen LogP contribution in [0.4, 0.5) is 0 Å². The fraction of sp³-hybridized carbons (Fsp3) is 0.333. The largest absolute Gasteiger partial charge is 0.374 e. The molecule has 0 aromatic heterocycles. The van der Waals surface area contributed by atoms with Gasteiger partial charge in [0.25, 0.3) is 0 Å². The molecule has 4 rings (SSSR count). The fourth-order valence-corrected chi connectivity index (χ4v) is 4.54. The van der Waals surface area contributed by atoms with E-state index < -0.39 is 29.8 Å². The molecule has 6 nitrogen and oxygen atoms in total. The lowest BCUT2D eigenvalue weighted by atomic mass is 9.85. The van der Waals surface area contributed by atoms with E-state index in [0.717, 1.165) is 16.7 Å². The average Bonchev–Trinajstić information content (AvgIpc) is 3.20. The third-order valence-electron chi connectivity index (χ3n) is 6.47. The second-order valence-corrected chi connectivity index (χ2v) is 9.06. The Hall–Kier alpha value is -3.34. The predicted molar refractivity (Wildman–Crippen MR) is 135 cm³/mol. The van der Waals surface area contributed by atoms with Crippen molar-refractivity contribution in [2.24, 2.45) is 5.92 Å². The lowest BCUT2D eigenvalue weighted by Gasteiger charge is -2.36. The molecule has 0 saturated carbocycles. The summed E-state index contributed by atoms with van der Waals surface area (Å²) >= 11 is 0. The first-order valence-corrected chi connectivity index (χ1v) is 12.1. The molecule has 0 spiro atoms. The zero-order valence-corrected chi connectivity index (χ0v) is 20.4. The van der Waals surface area contributed by atoms with Crippen molar-refractivity contribution in [1.82, 2.24) is 0 Å². The van der Waals surface area contributed by atoms with Crippen molar-refractivity contribution >= 4 is 6.29 Å². The number of rotatable bonds is 12. The topological polar surface area (TPSA) is 77.8 Å². The van der Waals surface area contributed by atoms with Gasteiger partial charge in [-0.1, -0.05) is 91.0 Å². The molecule has 0 amide bonds. The zero-order chi connectivity index (χ0) is 25.2. The average molecular weight is 486 g/mol. The van der Waals surface area contributed by atoms with E-state index in [-0.39, 0.29) is 13.2 Å². The number of ether oxygens (including phenoxy) is 4. The van der Waals surface area contributed by atoms with Gasteiger partial charge in [0.1, 0.15) is 36.1 Å². The maximum absolute atomic E-state index is 11.8. The highest BCUT2D eigenvalue weighted by Crippen LogP contribution is 2.41. The standard InChI is InChI=1S/C30H31NO5/c1-30(35-21-25-15-9-4-10-16-25)28(26(17-31)18-32)36-27(22-33-19-23-11-5-2-6-12-23)29(30)34-20-24-13-7-3-8-14-24/h2-16,18,26-29H,19-22H2,1H3/t26?,27-,28?,29-,30+/m1/s1. The molecule has 36 heavy (non-hydrogen) atoms. The summed E-state index contributed by atoms with van der Waals surface area (Å²) in [5.41, 5.74) is 1.96. The zero-order valence-electron chi connectivity index (χ0n) is 20.4. The second kappa shape index (κ2) is 12.6. The number of hydrogen-bond donors (Lipinski definition) is 0. The van der Waals surface area contributed by atoms with Crippen LogP contribution >= 0.6 is 0 Å². The SMILES string of the molecule is C[C@]1(OCc2ccccc2)C(C(C#N)C=O)O[C@H](COCc2ccccc2)[C@H]1OCc1ccccc1. The normalized spacial score (nSPS) is 24.2. The van der Waals surface area contributed by atoms with Gasteiger partial charge in [-0.25, -0.2) is 0 Å². The fourth-order valence-electron chi connectivity index (χ4n) is 4.54. The molecule has 0 aliphatic carbocycles. The molecular formula is C30H31NO5. The van der Waals surface area contributed by atoms with Crippen LogP contribution in [0.25, 0.3) is 0 Å². The summed E-state index contributed by atoms with van der Waals surface area (Å²) in [6.07, 6.45) is -1.29. The lowest BCUT2D eigenvalue weighted by Crippen LogP contribution is -2.52. The van der Waals surface area contributed by atoms with Gasteiger partial charge < -0.3 is 23.7 Å². The molecule has 3 aromatic carbocycles. The minimum Gasteiger partial charge on any atom is -0.374 e. The summed E-state index contributed by atoms with van der Waals surface area (Å²) in [5.74, 6) is -1.01. The molecule has 1 aliphatic heterocycles. The highest BCUT2D eigenvalue weighted by atomic mass is 16.6. The van der Waals surface area contributed by atoms with E-state index in [1.54, 1.807) is 0 Å². The summed E-state index contributed by atoms with van der Waals surface area (Å²) < 4.78 is 25.2. The number of aldehydes is 1. The van der Waals surface area contributed by atoms with Crippen molar-refractivity contribution < 1.29 is 23.7 Å². The molecule has 0 bridgehead atoms. The quantitative estimate of drug-likeness (QED) is 0.341. The minimum atomic E-state index is -1.06. The summed E-state index contributed by atoms with van der Waals surface area (Å²) in [6, 6.07) is 31.5. The van der Waals surface area contributed by atoms with Crippen LogP contribution in [-0.2, 0) is 43.6 Å². The highest BCUT2D eigenvalue weighted by Gasteiger charge is 2.58. The van der Waals surface area contributed by atoms with Gasteiger partial charge in [0, 0.05) is 0 Å². The molecule has 3 aromatic rings. The Morgan fingerprint density at radius 1 is 0.889 bits per heavy atom. The van der Waals surface area contributed by atoms with Crippen LogP contribution in [-0.4, -0.2) is 36.8 Å². The van der Waals surface area contributed by atoms with Crippen molar-refractivity contribution in [3.63, 3.8) is 0 Å². The van der Waals surface area contributed by atoms with Gasteiger partial charge in [0.2, 0.25) is 0 Å². The molecule has 0 radical (unpaired) electrons. The Labute approximate surface area is 212 Å². The molecule has 1 heterocycles. The summed E-state index contributed by atoms with van der Waals surface area (Å²) in [6.45, 7) is 3.12. The Kier molecular flexibility index (Phi) is 8.99. The maximum Gasteiger partial charge on any atom is 0.139 e. The molecule has 0 N–H and O–H groups in total. The number of benzene rings is 3. The third kappa shape index (κ3) is 6.26. The van der Waals surface area contributed by atoms with Crippen LogP contribution in [0.1, 0.15) is 23.6 Å². The van der Waals surface area contributed by atoms with Crippen LogP contribution in [0, 0.1) is 17.2 Å². The smallest absolute Gasteiger partial charge is 0.139 e. The van der Waals surface area contributed by atoms with E-state index in [1.807, 2.05) is 97.9 Å². The van der Waals surface area contributed by atoms with Crippen molar-refractivity contribution in [1.29, 1.82) is 5.26 Å². The molecule has 6 heteroatoms. The number of carbonyl (C=O) groups is 1. The Morgan fingerprint density at radius 2 is 1.42 bits per heavy atom. The molecule has 2 unspecified atom stereocenters. The molecule has 5 atom stereocenters. The Balaban J connectivity index is 1.57. The molecule has 186 valence electrons. The third-order valence-corrected chi connectivity index (χ3v) is 6.47. The molecular weight excluding hydrogens is 454 g/mol. The van der Waals surface area contributed by atoms with E-state index in [0.29, 0.717) is 19.5 Å². The van der Waals surface area contributed by atoms with E-state index in [1.165, 1.54) is 0 Å². The van der Waals surface area contributed by atoms with Crippen LogP contribution in [0.5, 0.6) is 0 Å². The van der Waals surface area contributed by atoms with E-state index in [9.17, 15) is 10.1 Å². The van der Waals surface area contributed by atoms with Crippen LogP contribution in [0.15, 0.2) is 91.0 Å². The first kappa shape index (κ1) is 25.7. The van der Waals surface area contributed by atoms with Gasteiger partial charge in [-0.15, -0.1) is 0 Å². The number of nitriles is 1. The first-order chi connectivity index (χ1) is 17.6. The van der Waals surface area contributed by atoms with Gasteiger partial charge in [-0.05, 0) is 23.6 Å². The predicted octanol–water partition coefficient (Wildman–Crippen LogP) is 4.87. The van der Waals surface area contributed by atoms with Crippen molar-refractivity contribution in [2.75, 3.05) is 6.61 Å². The number of hydrogen-bond acceptors (Lipinski definition) is 6. The monoisotopic (exact) mass is 485 g/mol. The highest BCUT2D eigenvalue weighted by molar-refractivity contribution is 5.59. The van der Waals surface area contributed by atoms with E-state index in [4.69, 9.17) is 18.9 Å². The summed E-state index contributed by atoms with van der Waals surface area (Å²) in [7, 11) is 0. The first-order valence-electron chi connectivity index (χ1n) is 12.1. The number of carbonyl (C=O) groups excluding carboxylic acids is 1. The van der Waals surface area contributed by atoms with Crippen molar-refractivity contribution in [3.05, 3.63) is 108 Å².